The van der Waals surface area contributed by atoms with E-state index in [4.69, 9.17) is 5.26 Å². The van der Waals surface area contributed by atoms with Crippen LogP contribution in [0.15, 0.2) is 72.8 Å². The van der Waals surface area contributed by atoms with Gasteiger partial charge >= 0.3 is 0 Å². The second kappa shape index (κ2) is 8.13. The van der Waals surface area contributed by atoms with Crippen LogP contribution < -0.4 is 10.6 Å². The number of amides is 1. The van der Waals surface area contributed by atoms with Crippen molar-refractivity contribution in [3.8, 4) is 16.6 Å². The molecule has 2 N–H and O–H groups in total. The number of hydrogen-bond donors (Lipinski definition) is 2. The van der Waals surface area contributed by atoms with Crippen molar-refractivity contribution in [2.75, 3.05) is 10.6 Å². The van der Waals surface area contributed by atoms with Crippen molar-refractivity contribution < 1.29 is 4.79 Å². The van der Waals surface area contributed by atoms with Crippen LogP contribution in [0, 0.1) is 11.3 Å². The van der Waals surface area contributed by atoms with Crippen LogP contribution in [0.3, 0.4) is 0 Å². The van der Waals surface area contributed by atoms with E-state index in [1.54, 1.807) is 42.5 Å². The van der Waals surface area contributed by atoms with Gasteiger partial charge in [0.15, 0.2) is 0 Å². The fourth-order valence-corrected chi connectivity index (χ4v) is 3.91. The Morgan fingerprint density at radius 3 is 2.59 bits per heavy atom. The highest BCUT2D eigenvalue weighted by molar-refractivity contribution is 7.21. The summed E-state index contributed by atoms with van der Waals surface area (Å²) in [7, 11) is 0. The molecular formula is C23H18N4OS. The molecule has 0 radical (unpaired) electrons. The molecule has 0 aliphatic rings. The smallest absolute Gasteiger partial charge is 0.246 e. The number of fused-ring (bicyclic) bond motifs is 1. The van der Waals surface area contributed by atoms with Gasteiger partial charge in [0.05, 0.1) is 21.8 Å². The summed E-state index contributed by atoms with van der Waals surface area (Å²) in [4.78, 5) is 17.1. The zero-order chi connectivity index (χ0) is 20.2. The summed E-state index contributed by atoms with van der Waals surface area (Å²) in [5.41, 5.74) is 4.01. The van der Waals surface area contributed by atoms with E-state index in [-0.39, 0.29) is 5.91 Å². The minimum Gasteiger partial charge on any atom is -0.374 e. The summed E-state index contributed by atoms with van der Waals surface area (Å²) >= 11 is 1.66. The Kier molecular flexibility index (Phi) is 5.23. The minimum atomic E-state index is -0.436. The van der Waals surface area contributed by atoms with E-state index >= 15 is 0 Å². The highest BCUT2D eigenvalue weighted by Gasteiger charge is 2.13. The number of nitriles is 1. The molecule has 0 spiro atoms. The van der Waals surface area contributed by atoms with Crippen LogP contribution in [-0.4, -0.2) is 16.9 Å². The number of hydrogen-bond acceptors (Lipinski definition) is 5. The van der Waals surface area contributed by atoms with Gasteiger partial charge in [-0.2, -0.15) is 5.26 Å². The molecule has 1 atom stereocenters. The molecular weight excluding hydrogens is 380 g/mol. The summed E-state index contributed by atoms with van der Waals surface area (Å²) in [6, 6.07) is 24.5. The Labute approximate surface area is 172 Å². The van der Waals surface area contributed by atoms with E-state index in [1.165, 1.54) is 0 Å². The first-order valence-electron chi connectivity index (χ1n) is 9.16. The topological polar surface area (TPSA) is 77.8 Å². The zero-order valence-electron chi connectivity index (χ0n) is 15.7. The molecule has 29 heavy (non-hydrogen) atoms. The molecule has 0 aliphatic carbocycles. The highest BCUT2D eigenvalue weighted by Crippen LogP contribution is 2.30. The Balaban J connectivity index is 1.42. The van der Waals surface area contributed by atoms with Crippen LogP contribution in [0.25, 0.3) is 20.8 Å². The van der Waals surface area contributed by atoms with Gasteiger partial charge in [0, 0.05) is 16.9 Å². The summed E-state index contributed by atoms with van der Waals surface area (Å²) in [5.74, 6) is -0.171. The Hall–Kier alpha value is -3.69. The van der Waals surface area contributed by atoms with Crippen LogP contribution in [0.2, 0.25) is 0 Å². The number of aromatic nitrogens is 1. The number of benzene rings is 3. The third kappa shape index (κ3) is 4.26. The number of carbonyl (C=O) groups excluding carboxylic acids is 1. The first-order valence-corrected chi connectivity index (χ1v) is 9.97. The van der Waals surface area contributed by atoms with Crippen molar-refractivity contribution in [1.29, 1.82) is 5.26 Å². The fourth-order valence-electron chi connectivity index (χ4n) is 2.94. The van der Waals surface area contributed by atoms with Gasteiger partial charge in [-0.25, -0.2) is 4.98 Å². The molecule has 0 aliphatic heterocycles. The van der Waals surface area contributed by atoms with Crippen LogP contribution in [0.1, 0.15) is 12.5 Å². The summed E-state index contributed by atoms with van der Waals surface area (Å²) in [6.45, 7) is 1.80. The predicted molar refractivity (Wildman–Crippen MR) is 118 cm³/mol. The molecule has 4 rings (SSSR count). The number of thiazole rings is 1. The van der Waals surface area contributed by atoms with E-state index in [2.05, 4.69) is 27.8 Å². The van der Waals surface area contributed by atoms with Crippen molar-refractivity contribution in [2.45, 2.75) is 13.0 Å². The molecule has 1 aromatic heterocycles. The lowest BCUT2D eigenvalue weighted by atomic mass is 10.2. The van der Waals surface area contributed by atoms with E-state index in [0.717, 1.165) is 26.5 Å². The van der Waals surface area contributed by atoms with E-state index in [1.807, 2.05) is 42.5 Å². The van der Waals surface area contributed by atoms with Crippen LogP contribution in [0.4, 0.5) is 11.4 Å². The van der Waals surface area contributed by atoms with Gasteiger partial charge in [0.1, 0.15) is 11.0 Å². The first kappa shape index (κ1) is 18.7. The van der Waals surface area contributed by atoms with Crippen LogP contribution >= 0.6 is 11.3 Å². The third-order valence-electron chi connectivity index (χ3n) is 4.46. The predicted octanol–water partition coefficient (Wildman–Crippen LogP) is 5.27. The Morgan fingerprint density at radius 2 is 1.83 bits per heavy atom. The normalized spacial score (nSPS) is 11.6. The van der Waals surface area contributed by atoms with Gasteiger partial charge in [0.25, 0.3) is 0 Å². The lowest BCUT2D eigenvalue weighted by molar-refractivity contribution is -0.116. The lowest BCUT2D eigenvalue weighted by Gasteiger charge is -2.15. The molecule has 0 saturated heterocycles. The molecule has 5 nitrogen and oxygen atoms in total. The molecule has 6 heteroatoms. The molecule has 3 aromatic carbocycles. The van der Waals surface area contributed by atoms with E-state index in [0.29, 0.717) is 11.3 Å². The molecule has 0 fully saturated rings. The van der Waals surface area contributed by atoms with E-state index < -0.39 is 6.04 Å². The monoisotopic (exact) mass is 398 g/mol. The van der Waals surface area contributed by atoms with Gasteiger partial charge in [-0.05, 0) is 61.5 Å². The van der Waals surface area contributed by atoms with Crippen molar-refractivity contribution in [3.63, 3.8) is 0 Å². The van der Waals surface area contributed by atoms with Crippen molar-refractivity contribution in [2.24, 2.45) is 0 Å². The average molecular weight is 398 g/mol. The Bertz CT molecular complexity index is 1170. The first-order chi connectivity index (χ1) is 14.1. The maximum atomic E-state index is 12.4. The van der Waals surface area contributed by atoms with Gasteiger partial charge in [-0.1, -0.05) is 18.2 Å². The fraction of sp³-hybridized carbons (Fsp3) is 0.0870. The number of carbonyl (C=O) groups is 1. The zero-order valence-corrected chi connectivity index (χ0v) is 16.5. The number of nitrogens with zero attached hydrogens (tertiary/aromatic N) is 2. The molecule has 1 amide bonds. The summed E-state index contributed by atoms with van der Waals surface area (Å²) < 4.78 is 1.16. The van der Waals surface area contributed by atoms with Crippen LogP contribution in [-0.2, 0) is 4.79 Å². The minimum absolute atomic E-state index is 0.171. The number of anilines is 2. The third-order valence-corrected chi connectivity index (χ3v) is 5.55. The highest BCUT2D eigenvalue weighted by atomic mass is 32.1. The maximum Gasteiger partial charge on any atom is 0.246 e. The van der Waals surface area contributed by atoms with Gasteiger partial charge < -0.3 is 10.6 Å². The quantitative estimate of drug-likeness (QED) is 0.480. The SMILES string of the molecule is C[C@H](Nc1ccc(-c2nc3ccccc3s2)cc1)C(=O)Nc1cccc(C#N)c1. The molecule has 0 unspecified atom stereocenters. The van der Waals surface area contributed by atoms with Gasteiger partial charge in [0.2, 0.25) is 5.91 Å². The largest absolute Gasteiger partial charge is 0.374 e. The molecule has 0 bridgehead atoms. The van der Waals surface area contributed by atoms with Gasteiger partial charge in [-0.3, -0.25) is 4.79 Å². The second-order valence-electron chi connectivity index (χ2n) is 6.61. The molecule has 142 valence electrons. The summed E-state index contributed by atoms with van der Waals surface area (Å²) in [6.07, 6.45) is 0. The molecule has 1 heterocycles. The number of rotatable bonds is 5. The average Bonchev–Trinajstić information content (AvgIpc) is 3.18. The molecule has 4 aromatic rings. The number of nitrogens with one attached hydrogen (secondary N) is 2. The van der Waals surface area contributed by atoms with Crippen LogP contribution in [0.5, 0.6) is 0 Å². The lowest BCUT2D eigenvalue weighted by Crippen LogP contribution is -2.31. The number of para-hydroxylation sites is 1. The maximum absolute atomic E-state index is 12.4. The van der Waals surface area contributed by atoms with Crippen molar-refractivity contribution in [1.82, 2.24) is 4.98 Å². The standard InChI is InChI=1S/C23H18N4OS/c1-15(22(28)26-19-6-4-5-16(13-19)14-24)25-18-11-9-17(10-12-18)23-27-20-7-2-3-8-21(20)29-23/h2-13,15,25H,1H3,(H,26,28)/t15-/m0/s1. The summed E-state index contributed by atoms with van der Waals surface area (Å²) in [5, 5.41) is 16.0. The Morgan fingerprint density at radius 1 is 1.03 bits per heavy atom. The second-order valence-corrected chi connectivity index (χ2v) is 7.64. The molecule has 0 saturated carbocycles. The van der Waals surface area contributed by atoms with Crippen molar-refractivity contribution >= 4 is 38.8 Å². The van der Waals surface area contributed by atoms with Gasteiger partial charge in [-0.15, -0.1) is 11.3 Å². The van der Waals surface area contributed by atoms with E-state index in [9.17, 15) is 4.79 Å². The van der Waals surface area contributed by atoms with Crippen molar-refractivity contribution in [3.05, 3.63) is 78.4 Å².